The monoisotopic (exact) mass is 300 g/mol. The highest BCUT2D eigenvalue weighted by molar-refractivity contribution is 5.99. The highest BCUT2D eigenvalue weighted by Gasteiger charge is 2.27. The van der Waals surface area contributed by atoms with E-state index in [0.717, 1.165) is 23.0 Å². The second-order valence-corrected chi connectivity index (χ2v) is 7.74. The van der Waals surface area contributed by atoms with Crippen molar-refractivity contribution in [3.05, 3.63) is 34.9 Å². The summed E-state index contributed by atoms with van der Waals surface area (Å²) in [5.41, 5.74) is 3.29. The van der Waals surface area contributed by atoms with Gasteiger partial charge in [0.1, 0.15) is 0 Å². The normalized spacial score (nSPS) is 24.8. The van der Waals surface area contributed by atoms with Crippen LogP contribution in [-0.2, 0) is 0 Å². The van der Waals surface area contributed by atoms with Crippen molar-refractivity contribution in [2.45, 2.75) is 66.7 Å². The fourth-order valence-electron chi connectivity index (χ4n) is 3.82. The molecule has 0 amide bonds. The summed E-state index contributed by atoms with van der Waals surface area (Å²) < 4.78 is 0. The lowest BCUT2D eigenvalue weighted by Crippen LogP contribution is -2.24. The Hall–Kier alpha value is -1.11. The summed E-state index contributed by atoms with van der Waals surface area (Å²) in [6.45, 7) is 10.9. The highest BCUT2D eigenvalue weighted by atomic mass is 16.1. The molecule has 1 aromatic rings. The summed E-state index contributed by atoms with van der Waals surface area (Å²) in [6, 6.07) is 6.09. The van der Waals surface area contributed by atoms with Gasteiger partial charge in [-0.25, -0.2) is 0 Å². The number of carbonyl (C=O) groups is 1. The van der Waals surface area contributed by atoms with E-state index in [1.807, 2.05) is 12.1 Å². The summed E-state index contributed by atoms with van der Waals surface area (Å²) in [5.74, 6) is 2.67. The van der Waals surface area contributed by atoms with Gasteiger partial charge in [-0.1, -0.05) is 64.7 Å². The van der Waals surface area contributed by atoms with E-state index in [1.54, 1.807) is 0 Å². The zero-order chi connectivity index (χ0) is 16.3. The molecule has 1 saturated carbocycles. The van der Waals surface area contributed by atoms with Gasteiger partial charge in [0, 0.05) is 11.5 Å². The molecule has 0 saturated heterocycles. The fraction of sp³-hybridized carbons (Fsp3) is 0.667. The van der Waals surface area contributed by atoms with E-state index in [9.17, 15) is 4.79 Å². The number of Topliss-reactive ketones (excluding diaryl/α,β-unsaturated/α-hetero) is 1. The number of carbonyl (C=O) groups excluding carboxylic acids is 1. The molecule has 0 radical (unpaired) electrons. The van der Waals surface area contributed by atoms with Gasteiger partial charge < -0.3 is 0 Å². The molecule has 1 aliphatic carbocycles. The Morgan fingerprint density at radius 2 is 1.77 bits per heavy atom. The third-order valence-corrected chi connectivity index (χ3v) is 5.98. The van der Waals surface area contributed by atoms with Crippen molar-refractivity contribution < 1.29 is 4.79 Å². The number of rotatable bonds is 5. The lowest BCUT2D eigenvalue weighted by molar-refractivity contribution is 0.0873. The van der Waals surface area contributed by atoms with Crippen LogP contribution in [0.25, 0.3) is 0 Å². The zero-order valence-corrected chi connectivity index (χ0v) is 15.0. The van der Waals surface area contributed by atoms with E-state index in [-0.39, 0.29) is 5.92 Å². The predicted octanol–water partition coefficient (Wildman–Crippen LogP) is 5.97. The highest BCUT2D eigenvalue weighted by Crippen LogP contribution is 2.35. The largest absolute Gasteiger partial charge is 0.294 e. The quantitative estimate of drug-likeness (QED) is 0.612. The van der Waals surface area contributed by atoms with Gasteiger partial charge in [0.2, 0.25) is 0 Å². The van der Waals surface area contributed by atoms with Crippen molar-refractivity contribution in [2.75, 3.05) is 0 Å². The van der Waals surface area contributed by atoms with Crippen LogP contribution in [0.4, 0.5) is 0 Å². The van der Waals surface area contributed by atoms with Crippen molar-refractivity contribution in [1.82, 2.24) is 0 Å². The maximum Gasteiger partial charge on any atom is 0.166 e. The maximum atomic E-state index is 12.9. The summed E-state index contributed by atoms with van der Waals surface area (Å²) in [6.07, 6.45) is 6.67. The number of benzene rings is 1. The van der Waals surface area contributed by atoms with E-state index in [2.05, 4.69) is 40.7 Å². The first-order valence-corrected chi connectivity index (χ1v) is 9.00. The Morgan fingerprint density at radius 3 is 2.41 bits per heavy atom. The van der Waals surface area contributed by atoms with Gasteiger partial charge in [-0.05, 0) is 49.1 Å². The summed E-state index contributed by atoms with van der Waals surface area (Å²) >= 11 is 0. The molecule has 2 unspecified atom stereocenters. The van der Waals surface area contributed by atoms with Crippen molar-refractivity contribution in [1.29, 1.82) is 0 Å². The summed E-state index contributed by atoms with van der Waals surface area (Å²) in [5, 5.41) is 0. The van der Waals surface area contributed by atoms with Gasteiger partial charge in [-0.15, -0.1) is 0 Å². The third kappa shape index (κ3) is 4.00. The number of hydrogen-bond acceptors (Lipinski definition) is 1. The molecule has 22 heavy (non-hydrogen) atoms. The fourth-order valence-corrected chi connectivity index (χ4v) is 3.82. The van der Waals surface area contributed by atoms with Gasteiger partial charge >= 0.3 is 0 Å². The van der Waals surface area contributed by atoms with E-state index >= 15 is 0 Å². The smallest absolute Gasteiger partial charge is 0.166 e. The first-order chi connectivity index (χ1) is 10.4. The van der Waals surface area contributed by atoms with Gasteiger partial charge in [-0.3, -0.25) is 4.79 Å². The van der Waals surface area contributed by atoms with Crippen LogP contribution in [0.15, 0.2) is 18.2 Å². The lowest BCUT2D eigenvalue weighted by atomic mass is 9.75. The van der Waals surface area contributed by atoms with E-state index in [4.69, 9.17) is 0 Å². The average Bonchev–Trinajstić information content (AvgIpc) is 2.51. The molecule has 1 aromatic carbocycles. The molecule has 0 N–H and O–H groups in total. The summed E-state index contributed by atoms with van der Waals surface area (Å²) in [7, 11) is 0. The van der Waals surface area contributed by atoms with Crippen LogP contribution < -0.4 is 0 Å². The second-order valence-electron chi connectivity index (χ2n) is 7.74. The molecule has 1 heteroatoms. The third-order valence-electron chi connectivity index (χ3n) is 5.98. The van der Waals surface area contributed by atoms with E-state index in [1.165, 1.54) is 37.7 Å². The van der Waals surface area contributed by atoms with E-state index < -0.39 is 0 Å². The van der Waals surface area contributed by atoms with Crippen LogP contribution in [0.2, 0.25) is 0 Å². The zero-order valence-electron chi connectivity index (χ0n) is 15.0. The number of ketones is 1. The maximum absolute atomic E-state index is 12.9. The van der Waals surface area contributed by atoms with Gasteiger partial charge in [-0.2, -0.15) is 0 Å². The molecule has 0 bridgehead atoms. The Labute approximate surface area is 136 Å². The molecular weight excluding hydrogens is 268 g/mol. The minimum atomic E-state index is 0.125. The average molecular weight is 300 g/mol. The molecule has 1 aliphatic rings. The van der Waals surface area contributed by atoms with Crippen LogP contribution in [-0.4, -0.2) is 5.78 Å². The molecule has 2 rings (SSSR count). The van der Waals surface area contributed by atoms with Gasteiger partial charge in [0.15, 0.2) is 5.78 Å². The number of hydrogen-bond donors (Lipinski definition) is 0. The molecule has 122 valence electrons. The summed E-state index contributed by atoms with van der Waals surface area (Å²) in [4.78, 5) is 12.9. The Kier molecular flexibility index (Phi) is 5.83. The van der Waals surface area contributed by atoms with Crippen molar-refractivity contribution in [3.63, 3.8) is 0 Å². The first-order valence-electron chi connectivity index (χ1n) is 9.00. The molecule has 0 spiro atoms. The van der Waals surface area contributed by atoms with Crippen LogP contribution in [0.5, 0.6) is 0 Å². The lowest BCUT2D eigenvalue weighted by Gasteiger charge is -2.30. The first kappa shape index (κ1) is 17.2. The molecular formula is C21H32O. The second kappa shape index (κ2) is 7.44. The minimum Gasteiger partial charge on any atom is -0.294 e. The van der Waals surface area contributed by atoms with Gasteiger partial charge in [0.05, 0.1) is 0 Å². The SMILES string of the molecule is Cc1cccc(C(=O)C(C)C(C)CC2CCC(C)CC2)c1C. The van der Waals surface area contributed by atoms with Crippen LogP contribution >= 0.6 is 0 Å². The Balaban J connectivity index is 1.99. The standard InChI is InChI=1S/C21H32O/c1-14-9-11-19(12-10-14)13-16(3)18(5)21(22)20-8-6-7-15(2)17(20)4/h6-8,14,16,18-19H,9-13H2,1-5H3. The van der Waals surface area contributed by atoms with E-state index in [0.29, 0.717) is 11.7 Å². The van der Waals surface area contributed by atoms with Crippen molar-refractivity contribution in [3.8, 4) is 0 Å². The van der Waals surface area contributed by atoms with Crippen molar-refractivity contribution in [2.24, 2.45) is 23.7 Å². The van der Waals surface area contributed by atoms with Gasteiger partial charge in [0.25, 0.3) is 0 Å². The predicted molar refractivity (Wildman–Crippen MR) is 94.3 cm³/mol. The molecule has 1 fully saturated rings. The molecule has 0 heterocycles. The molecule has 0 aromatic heterocycles. The van der Waals surface area contributed by atoms with Crippen LogP contribution in [0, 0.1) is 37.5 Å². The Morgan fingerprint density at radius 1 is 1.14 bits per heavy atom. The van der Waals surface area contributed by atoms with Crippen molar-refractivity contribution >= 4 is 5.78 Å². The topological polar surface area (TPSA) is 17.1 Å². The Bertz CT molecular complexity index is 509. The number of aryl methyl sites for hydroxylation is 1. The molecule has 1 nitrogen and oxygen atoms in total. The molecule has 2 atom stereocenters. The van der Waals surface area contributed by atoms with Crippen LogP contribution in [0.3, 0.4) is 0 Å². The van der Waals surface area contributed by atoms with Crippen LogP contribution in [0.1, 0.15) is 74.4 Å². The molecule has 0 aliphatic heterocycles. The minimum absolute atomic E-state index is 0.125.